The average molecular weight is 435 g/mol. The van der Waals surface area contributed by atoms with Crippen LogP contribution in [0, 0.1) is 17.2 Å². The van der Waals surface area contributed by atoms with Crippen LogP contribution in [0.15, 0.2) is 65.6 Å². The highest BCUT2D eigenvalue weighted by Gasteiger charge is 2.24. The predicted octanol–water partition coefficient (Wildman–Crippen LogP) is 2.76. The molecule has 5 rings (SSSR count). The van der Waals surface area contributed by atoms with Gasteiger partial charge in [0.15, 0.2) is 0 Å². The second kappa shape index (κ2) is 7.80. The molecule has 158 valence electrons. The summed E-state index contributed by atoms with van der Waals surface area (Å²) >= 11 is 0. The van der Waals surface area contributed by atoms with Gasteiger partial charge in [-0.2, -0.15) is 10.4 Å². The van der Waals surface area contributed by atoms with Gasteiger partial charge in [0.2, 0.25) is 10.0 Å². The number of nitriles is 1. The summed E-state index contributed by atoms with van der Waals surface area (Å²) in [6.45, 7) is 0.665. The summed E-state index contributed by atoms with van der Waals surface area (Å²) < 4.78 is 31.5. The normalized spacial score (nSPS) is 18.8. The molecule has 8 nitrogen and oxygen atoms in total. The Balaban J connectivity index is 1.24. The molecule has 0 radical (unpaired) electrons. The number of pyridine rings is 1. The van der Waals surface area contributed by atoms with Gasteiger partial charge in [-0.1, -0.05) is 18.2 Å². The van der Waals surface area contributed by atoms with Crippen molar-refractivity contribution in [2.75, 3.05) is 6.54 Å². The van der Waals surface area contributed by atoms with E-state index in [0.29, 0.717) is 24.5 Å². The van der Waals surface area contributed by atoms with Gasteiger partial charge < -0.3 is 4.40 Å². The number of nitrogens with zero attached hydrogens (tertiary/aromatic N) is 5. The number of allylic oxidation sites excluding steroid dienone is 3. The Morgan fingerprint density at radius 3 is 2.84 bits per heavy atom. The molecule has 3 aromatic heterocycles. The van der Waals surface area contributed by atoms with Gasteiger partial charge in [-0.05, 0) is 48.8 Å². The molecule has 3 aromatic rings. The van der Waals surface area contributed by atoms with E-state index in [2.05, 4.69) is 33.1 Å². The summed E-state index contributed by atoms with van der Waals surface area (Å²) in [5, 5.41) is 13.1. The second-order valence-corrected chi connectivity index (χ2v) is 9.85. The van der Waals surface area contributed by atoms with Crippen LogP contribution in [-0.4, -0.2) is 34.1 Å². The number of sulfonamides is 1. The first kappa shape index (κ1) is 19.7. The molecule has 1 atom stereocenters. The van der Waals surface area contributed by atoms with Crippen LogP contribution in [0.4, 0.5) is 0 Å². The molecule has 0 aromatic carbocycles. The summed E-state index contributed by atoms with van der Waals surface area (Å²) in [7, 11) is -3.66. The predicted molar refractivity (Wildman–Crippen MR) is 115 cm³/mol. The minimum atomic E-state index is -3.66. The third-order valence-corrected chi connectivity index (χ3v) is 7.05. The fourth-order valence-corrected chi connectivity index (χ4v) is 4.78. The highest BCUT2D eigenvalue weighted by molar-refractivity contribution is 7.89. The standard InChI is InChI=1S/C22H22N6O2S/c23-9-16-1-3-17(4-2-16)10-25-31(29,30)21-11-24-28(15-21)14-20-13-27-12-19(18-5-6-18)7-8-22(27)26-20/h1-3,7-8,11-13,15,17-18,25H,4-6,10,14H2. The summed E-state index contributed by atoms with van der Waals surface area (Å²) in [5.41, 5.74) is 3.63. The van der Waals surface area contributed by atoms with Gasteiger partial charge in [-0.3, -0.25) is 4.68 Å². The van der Waals surface area contributed by atoms with Crippen LogP contribution >= 0.6 is 0 Å². The third kappa shape index (κ3) is 4.31. The van der Waals surface area contributed by atoms with Gasteiger partial charge in [0.1, 0.15) is 10.5 Å². The molecule has 1 N–H and O–H groups in total. The lowest BCUT2D eigenvalue weighted by atomic mass is 9.98. The maximum atomic E-state index is 12.6. The molecule has 3 heterocycles. The third-order valence-electron chi connectivity index (χ3n) is 5.67. The first-order valence-corrected chi connectivity index (χ1v) is 11.8. The number of rotatable bonds is 7. The zero-order valence-corrected chi connectivity index (χ0v) is 17.7. The Morgan fingerprint density at radius 2 is 2.10 bits per heavy atom. The highest BCUT2D eigenvalue weighted by atomic mass is 32.2. The Kier molecular flexibility index (Phi) is 4.96. The summed E-state index contributed by atoms with van der Waals surface area (Å²) in [6, 6.07) is 6.24. The zero-order valence-electron chi connectivity index (χ0n) is 16.8. The Labute approximate surface area is 180 Å². The Hall–Kier alpha value is -3.22. The van der Waals surface area contributed by atoms with Crippen LogP contribution in [0.25, 0.3) is 5.65 Å². The molecule has 2 aliphatic carbocycles. The lowest BCUT2D eigenvalue weighted by molar-refractivity contribution is 0.562. The molecule has 0 bridgehead atoms. The van der Waals surface area contributed by atoms with Crippen molar-refractivity contribution in [2.45, 2.75) is 36.6 Å². The number of nitrogens with one attached hydrogen (secondary N) is 1. The maximum absolute atomic E-state index is 12.6. The van der Waals surface area contributed by atoms with E-state index in [1.54, 1.807) is 10.8 Å². The lowest BCUT2D eigenvalue weighted by Crippen LogP contribution is -2.29. The maximum Gasteiger partial charge on any atom is 0.243 e. The first-order valence-electron chi connectivity index (χ1n) is 10.3. The van der Waals surface area contributed by atoms with Crippen LogP contribution in [0.2, 0.25) is 0 Å². The molecule has 9 heteroatoms. The summed E-state index contributed by atoms with van der Waals surface area (Å²) in [4.78, 5) is 4.74. The summed E-state index contributed by atoms with van der Waals surface area (Å²) in [5.74, 6) is 0.704. The monoisotopic (exact) mass is 434 g/mol. The van der Waals surface area contributed by atoms with Crippen molar-refractivity contribution in [3.63, 3.8) is 0 Å². The fourth-order valence-electron chi connectivity index (χ4n) is 3.73. The number of hydrogen-bond acceptors (Lipinski definition) is 5. The number of aromatic nitrogens is 4. The zero-order chi connectivity index (χ0) is 21.4. The molecule has 0 saturated heterocycles. The SMILES string of the molecule is N#CC1=CCC(CNS(=O)(=O)c2cnn(Cc3cn4cc(C5CC5)ccc4n3)c2)C=C1. The van der Waals surface area contributed by atoms with E-state index < -0.39 is 10.0 Å². The van der Waals surface area contributed by atoms with Crippen molar-refractivity contribution >= 4 is 15.7 Å². The molecule has 0 spiro atoms. The molecule has 1 unspecified atom stereocenters. The van der Waals surface area contributed by atoms with E-state index in [0.717, 1.165) is 11.3 Å². The molecule has 2 aliphatic rings. The van der Waals surface area contributed by atoms with Crippen LogP contribution in [0.3, 0.4) is 0 Å². The number of fused-ring (bicyclic) bond motifs is 1. The van der Waals surface area contributed by atoms with E-state index in [1.165, 1.54) is 30.8 Å². The van der Waals surface area contributed by atoms with Crippen molar-refractivity contribution in [1.82, 2.24) is 23.9 Å². The average Bonchev–Trinajstić information content (AvgIpc) is 3.38. The molecule has 1 fully saturated rings. The van der Waals surface area contributed by atoms with Crippen molar-refractivity contribution < 1.29 is 8.42 Å². The lowest BCUT2D eigenvalue weighted by Gasteiger charge is -2.14. The van der Waals surface area contributed by atoms with E-state index in [-0.39, 0.29) is 17.4 Å². The van der Waals surface area contributed by atoms with E-state index in [9.17, 15) is 8.42 Å². The Bertz CT molecular complexity index is 1340. The molecule has 31 heavy (non-hydrogen) atoms. The minimum Gasteiger partial charge on any atom is -0.306 e. The van der Waals surface area contributed by atoms with Crippen molar-refractivity contribution in [3.8, 4) is 6.07 Å². The first-order chi connectivity index (χ1) is 15.0. The minimum absolute atomic E-state index is 0.0282. The molecular weight excluding hydrogens is 412 g/mol. The van der Waals surface area contributed by atoms with Gasteiger partial charge in [0.25, 0.3) is 0 Å². The topological polar surface area (TPSA) is 105 Å². The Morgan fingerprint density at radius 1 is 1.23 bits per heavy atom. The molecule has 1 saturated carbocycles. The van der Waals surface area contributed by atoms with Gasteiger partial charge in [-0.15, -0.1) is 0 Å². The van der Waals surface area contributed by atoms with Gasteiger partial charge in [-0.25, -0.2) is 18.1 Å². The van der Waals surface area contributed by atoms with Gasteiger partial charge in [0.05, 0.1) is 24.5 Å². The molecule has 0 amide bonds. The van der Waals surface area contributed by atoms with Crippen molar-refractivity contribution in [1.29, 1.82) is 5.26 Å². The van der Waals surface area contributed by atoms with Crippen molar-refractivity contribution in [3.05, 3.63) is 72.0 Å². The van der Waals surface area contributed by atoms with Gasteiger partial charge in [0, 0.05) is 30.7 Å². The van der Waals surface area contributed by atoms with Gasteiger partial charge >= 0.3 is 0 Å². The van der Waals surface area contributed by atoms with Crippen LogP contribution in [0.1, 0.15) is 36.4 Å². The van der Waals surface area contributed by atoms with Crippen molar-refractivity contribution in [2.24, 2.45) is 5.92 Å². The van der Waals surface area contributed by atoms with E-state index in [1.807, 2.05) is 28.8 Å². The van der Waals surface area contributed by atoms with E-state index >= 15 is 0 Å². The fraction of sp³-hybridized carbons (Fsp3) is 0.318. The number of hydrogen-bond donors (Lipinski definition) is 1. The smallest absolute Gasteiger partial charge is 0.243 e. The van der Waals surface area contributed by atoms with Crippen LogP contribution < -0.4 is 4.72 Å². The quantitative estimate of drug-likeness (QED) is 0.616. The largest absolute Gasteiger partial charge is 0.306 e. The number of imidazole rings is 1. The van der Waals surface area contributed by atoms with Crippen LogP contribution in [-0.2, 0) is 16.6 Å². The second-order valence-electron chi connectivity index (χ2n) is 8.09. The summed E-state index contributed by atoms with van der Waals surface area (Å²) in [6.07, 6.45) is 15.5. The van der Waals surface area contributed by atoms with E-state index in [4.69, 9.17) is 5.26 Å². The van der Waals surface area contributed by atoms with Crippen LogP contribution in [0.5, 0.6) is 0 Å². The highest BCUT2D eigenvalue weighted by Crippen LogP contribution is 2.39. The molecule has 0 aliphatic heterocycles. The molecular formula is C22H22N6O2S.